The fraction of sp³-hybridized carbons (Fsp3) is 0.538. The van der Waals surface area contributed by atoms with Crippen LogP contribution in [0.2, 0.25) is 5.02 Å². The Morgan fingerprint density at radius 2 is 1.62 bits per heavy atom. The SMILES string of the molecule is Cl.N[C@H](c1ccc(Cl)cc1)C1CCCCC1. The summed E-state index contributed by atoms with van der Waals surface area (Å²) in [4.78, 5) is 0. The number of nitrogens with two attached hydrogens (primary N) is 1. The van der Waals surface area contributed by atoms with Crippen LogP contribution >= 0.6 is 24.0 Å². The molecule has 0 bridgehead atoms. The molecule has 0 aliphatic heterocycles. The molecule has 0 spiro atoms. The van der Waals surface area contributed by atoms with Crippen LogP contribution in [0.5, 0.6) is 0 Å². The predicted octanol–water partition coefficient (Wildman–Crippen LogP) is 4.34. The Bertz CT molecular complexity index is 304. The fourth-order valence-electron chi connectivity index (χ4n) is 2.45. The molecule has 0 aromatic heterocycles. The van der Waals surface area contributed by atoms with Gasteiger partial charge >= 0.3 is 0 Å². The number of halogens is 2. The maximum Gasteiger partial charge on any atom is 0.0406 e. The van der Waals surface area contributed by atoms with Gasteiger partial charge in [0.15, 0.2) is 0 Å². The Morgan fingerprint density at radius 3 is 2.19 bits per heavy atom. The molecule has 2 rings (SSSR count). The minimum Gasteiger partial charge on any atom is -0.324 e. The molecule has 1 saturated carbocycles. The molecule has 3 heteroatoms. The first-order chi connectivity index (χ1) is 7.27. The normalized spacial score (nSPS) is 18.9. The van der Waals surface area contributed by atoms with Crippen LogP contribution in [-0.2, 0) is 0 Å². The van der Waals surface area contributed by atoms with Gasteiger partial charge in [-0.25, -0.2) is 0 Å². The third kappa shape index (κ3) is 3.38. The molecule has 1 aliphatic rings. The largest absolute Gasteiger partial charge is 0.324 e. The zero-order valence-electron chi connectivity index (χ0n) is 9.36. The van der Waals surface area contributed by atoms with E-state index in [0.29, 0.717) is 5.92 Å². The monoisotopic (exact) mass is 259 g/mol. The molecule has 0 heterocycles. The topological polar surface area (TPSA) is 26.0 Å². The molecule has 1 nitrogen and oxygen atoms in total. The highest BCUT2D eigenvalue weighted by molar-refractivity contribution is 6.30. The molecule has 1 aromatic carbocycles. The lowest BCUT2D eigenvalue weighted by Gasteiger charge is -2.27. The zero-order chi connectivity index (χ0) is 10.7. The van der Waals surface area contributed by atoms with Crippen LogP contribution in [-0.4, -0.2) is 0 Å². The Balaban J connectivity index is 0.00000128. The van der Waals surface area contributed by atoms with Gasteiger partial charge < -0.3 is 5.73 Å². The van der Waals surface area contributed by atoms with Crippen LogP contribution in [0.25, 0.3) is 0 Å². The van der Waals surface area contributed by atoms with Crippen LogP contribution in [0.15, 0.2) is 24.3 Å². The Kier molecular flexibility index (Phi) is 5.60. The van der Waals surface area contributed by atoms with Crippen molar-refractivity contribution in [3.8, 4) is 0 Å². The molecule has 0 amide bonds. The summed E-state index contributed by atoms with van der Waals surface area (Å²) < 4.78 is 0. The van der Waals surface area contributed by atoms with E-state index < -0.39 is 0 Å². The summed E-state index contributed by atoms with van der Waals surface area (Å²) >= 11 is 5.86. The van der Waals surface area contributed by atoms with E-state index >= 15 is 0 Å². The molecular weight excluding hydrogens is 241 g/mol. The molecule has 1 aliphatic carbocycles. The average molecular weight is 260 g/mol. The number of benzene rings is 1. The lowest BCUT2D eigenvalue weighted by Crippen LogP contribution is -2.23. The van der Waals surface area contributed by atoms with E-state index in [4.69, 9.17) is 17.3 Å². The highest BCUT2D eigenvalue weighted by Gasteiger charge is 2.21. The first-order valence-corrected chi connectivity index (χ1v) is 6.16. The van der Waals surface area contributed by atoms with Crippen molar-refractivity contribution in [1.82, 2.24) is 0 Å². The summed E-state index contributed by atoms with van der Waals surface area (Å²) in [7, 11) is 0. The second-order valence-corrected chi connectivity index (χ2v) is 4.91. The number of hydrogen-bond donors (Lipinski definition) is 1. The average Bonchev–Trinajstić information content (AvgIpc) is 2.30. The number of hydrogen-bond acceptors (Lipinski definition) is 1. The lowest BCUT2D eigenvalue weighted by atomic mass is 9.82. The van der Waals surface area contributed by atoms with Gasteiger partial charge in [-0.3, -0.25) is 0 Å². The van der Waals surface area contributed by atoms with E-state index in [1.165, 1.54) is 37.7 Å². The van der Waals surface area contributed by atoms with E-state index in [2.05, 4.69) is 12.1 Å². The van der Waals surface area contributed by atoms with Gasteiger partial charge in [-0.2, -0.15) is 0 Å². The summed E-state index contributed by atoms with van der Waals surface area (Å²) in [5.41, 5.74) is 7.50. The Labute approximate surface area is 109 Å². The van der Waals surface area contributed by atoms with Crippen molar-refractivity contribution >= 4 is 24.0 Å². The van der Waals surface area contributed by atoms with Gasteiger partial charge in [-0.05, 0) is 36.5 Å². The van der Waals surface area contributed by atoms with Gasteiger partial charge in [0.2, 0.25) is 0 Å². The molecule has 0 radical (unpaired) electrons. The van der Waals surface area contributed by atoms with Crippen LogP contribution < -0.4 is 5.73 Å². The molecule has 16 heavy (non-hydrogen) atoms. The maximum atomic E-state index is 6.28. The third-order valence-corrected chi connectivity index (χ3v) is 3.66. The van der Waals surface area contributed by atoms with Gasteiger partial charge in [0.25, 0.3) is 0 Å². The fourth-order valence-corrected chi connectivity index (χ4v) is 2.58. The maximum absolute atomic E-state index is 6.28. The first-order valence-electron chi connectivity index (χ1n) is 5.78. The van der Waals surface area contributed by atoms with Crippen molar-refractivity contribution in [2.45, 2.75) is 38.1 Å². The van der Waals surface area contributed by atoms with E-state index in [-0.39, 0.29) is 18.4 Å². The van der Waals surface area contributed by atoms with E-state index in [1.807, 2.05) is 12.1 Å². The van der Waals surface area contributed by atoms with E-state index in [0.717, 1.165) is 5.02 Å². The van der Waals surface area contributed by atoms with Crippen molar-refractivity contribution in [2.75, 3.05) is 0 Å². The summed E-state index contributed by atoms with van der Waals surface area (Å²) in [5.74, 6) is 0.667. The van der Waals surface area contributed by atoms with Crippen molar-refractivity contribution in [2.24, 2.45) is 11.7 Å². The smallest absolute Gasteiger partial charge is 0.0406 e. The van der Waals surface area contributed by atoms with E-state index in [1.54, 1.807) is 0 Å². The van der Waals surface area contributed by atoms with Crippen molar-refractivity contribution in [3.63, 3.8) is 0 Å². The van der Waals surface area contributed by atoms with Gasteiger partial charge in [0, 0.05) is 11.1 Å². The minimum absolute atomic E-state index is 0. The standard InChI is InChI=1S/C13H18ClN.ClH/c14-12-8-6-11(7-9-12)13(15)10-4-2-1-3-5-10;/h6-10,13H,1-5,15H2;1H/t13-;/m0./s1. The first kappa shape index (κ1) is 13.8. The molecule has 0 saturated heterocycles. The third-order valence-electron chi connectivity index (χ3n) is 3.41. The Morgan fingerprint density at radius 1 is 1.06 bits per heavy atom. The summed E-state index contributed by atoms with van der Waals surface area (Å²) in [6.07, 6.45) is 6.62. The van der Waals surface area contributed by atoms with Crippen molar-refractivity contribution in [3.05, 3.63) is 34.9 Å². The Hall–Kier alpha value is -0.240. The number of rotatable bonds is 2. The molecular formula is C13H19Cl2N. The lowest BCUT2D eigenvalue weighted by molar-refractivity contribution is 0.308. The van der Waals surface area contributed by atoms with Crippen molar-refractivity contribution in [1.29, 1.82) is 0 Å². The predicted molar refractivity (Wildman–Crippen MR) is 72.2 cm³/mol. The van der Waals surface area contributed by atoms with E-state index in [9.17, 15) is 0 Å². The zero-order valence-corrected chi connectivity index (χ0v) is 10.9. The van der Waals surface area contributed by atoms with Crippen molar-refractivity contribution < 1.29 is 0 Å². The van der Waals surface area contributed by atoms with Crippen LogP contribution in [0, 0.1) is 5.92 Å². The minimum atomic E-state index is 0. The highest BCUT2D eigenvalue weighted by atomic mass is 35.5. The van der Waals surface area contributed by atoms with Crippen LogP contribution in [0.3, 0.4) is 0 Å². The summed E-state index contributed by atoms with van der Waals surface area (Å²) in [6.45, 7) is 0. The highest BCUT2D eigenvalue weighted by Crippen LogP contribution is 2.33. The quantitative estimate of drug-likeness (QED) is 0.840. The molecule has 90 valence electrons. The van der Waals surface area contributed by atoms with Gasteiger partial charge in [-0.15, -0.1) is 12.4 Å². The van der Waals surface area contributed by atoms with Gasteiger partial charge in [-0.1, -0.05) is 43.0 Å². The summed E-state index contributed by atoms with van der Waals surface area (Å²) in [5, 5.41) is 0.787. The summed E-state index contributed by atoms with van der Waals surface area (Å²) in [6, 6.07) is 8.17. The molecule has 1 aromatic rings. The molecule has 1 fully saturated rings. The van der Waals surface area contributed by atoms with Gasteiger partial charge in [0.05, 0.1) is 0 Å². The molecule has 1 atom stereocenters. The van der Waals surface area contributed by atoms with Crippen LogP contribution in [0.1, 0.15) is 43.7 Å². The second-order valence-electron chi connectivity index (χ2n) is 4.48. The molecule has 0 unspecified atom stereocenters. The second kappa shape index (κ2) is 6.48. The molecule has 2 N–H and O–H groups in total. The van der Waals surface area contributed by atoms with Gasteiger partial charge in [0.1, 0.15) is 0 Å². The van der Waals surface area contributed by atoms with Crippen LogP contribution in [0.4, 0.5) is 0 Å².